The summed E-state index contributed by atoms with van der Waals surface area (Å²) >= 11 is 0. The first-order valence-electron chi connectivity index (χ1n) is 5.34. The van der Waals surface area contributed by atoms with Crippen molar-refractivity contribution >= 4 is 5.69 Å². The zero-order valence-electron chi connectivity index (χ0n) is 9.20. The van der Waals surface area contributed by atoms with Gasteiger partial charge in [0.2, 0.25) is 0 Å². The second kappa shape index (κ2) is 6.30. The first-order valence-corrected chi connectivity index (χ1v) is 5.34. The normalized spacial score (nSPS) is 10.3. The molecule has 0 spiro atoms. The van der Waals surface area contributed by atoms with Crippen LogP contribution in [0.1, 0.15) is 24.8 Å². The molecule has 1 rings (SSSR count). The molecule has 3 nitrogen and oxygen atoms in total. The Kier molecular flexibility index (Phi) is 4.98. The van der Waals surface area contributed by atoms with Crippen LogP contribution in [0.3, 0.4) is 0 Å². The van der Waals surface area contributed by atoms with Gasteiger partial charge < -0.3 is 15.6 Å². The van der Waals surface area contributed by atoms with E-state index in [1.165, 1.54) is 0 Å². The van der Waals surface area contributed by atoms with Crippen LogP contribution in [-0.2, 0) is 0 Å². The zero-order chi connectivity index (χ0) is 11.1. The Morgan fingerprint density at radius 3 is 2.73 bits per heavy atom. The predicted octanol–water partition coefficient (Wildman–Crippen LogP) is 2.12. The summed E-state index contributed by atoms with van der Waals surface area (Å²) in [5.74, 6) is 0.754. The van der Waals surface area contributed by atoms with Gasteiger partial charge in [0.25, 0.3) is 0 Å². The quantitative estimate of drug-likeness (QED) is 0.557. The van der Waals surface area contributed by atoms with E-state index >= 15 is 0 Å². The van der Waals surface area contributed by atoms with E-state index in [-0.39, 0.29) is 6.61 Å². The van der Waals surface area contributed by atoms with Crippen LogP contribution >= 0.6 is 0 Å². The molecule has 0 aliphatic heterocycles. The Morgan fingerprint density at radius 1 is 1.27 bits per heavy atom. The third kappa shape index (κ3) is 4.21. The Balaban J connectivity index is 2.31. The highest BCUT2D eigenvalue weighted by Crippen LogP contribution is 2.22. The van der Waals surface area contributed by atoms with Gasteiger partial charge in [-0.2, -0.15) is 0 Å². The Hall–Kier alpha value is -1.22. The van der Waals surface area contributed by atoms with Crippen molar-refractivity contribution in [3.8, 4) is 5.75 Å². The lowest BCUT2D eigenvalue weighted by Gasteiger charge is -2.08. The van der Waals surface area contributed by atoms with Crippen molar-refractivity contribution in [3.63, 3.8) is 0 Å². The number of unbranched alkanes of at least 4 members (excludes halogenated alkanes) is 2. The Morgan fingerprint density at radius 2 is 2.07 bits per heavy atom. The van der Waals surface area contributed by atoms with Crippen LogP contribution in [0.25, 0.3) is 0 Å². The molecule has 0 amide bonds. The Bertz CT molecular complexity index is 300. The number of aryl methyl sites for hydroxylation is 1. The number of rotatable bonds is 6. The number of hydrogen-bond acceptors (Lipinski definition) is 3. The maximum atomic E-state index is 8.60. The van der Waals surface area contributed by atoms with Crippen LogP contribution in [0.4, 0.5) is 5.69 Å². The van der Waals surface area contributed by atoms with Gasteiger partial charge in [0.1, 0.15) is 5.75 Å². The van der Waals surface area contributed by atoms with Crippen LogP contribution in [0.15, 0.2) is 18.2 Å². The van der Waals surface area contributed by atoms with Gasteiger partial charge in [-0.3, -0.25) is 0 Å². The summed E-state index contributed by atoms with van der Waals surface area (Å²) in [6.45, 7) is 2.92. The molecule has 0 aliphatic carbocycles. The van der Waals surface area contributed by atoms with Crippen LogP contribution < -0.4 is 10.5 Å². The van der Waals surface area contributed by atoms with Gasteiger partial charge in [0.15, 0.2) is 0 Å². The summed E-state index contributed by atoms with van der Waals surface area (Å²) in [6, 6.07) is 5.79. The number of nitrogen functional groups attached to an aromatic ring is 1. The fourth-order valence-electron chi connectivity index (χ4n) is 1.37. The van der Waals surface area contributed by atoms with Gasteiger partial charge in [-0.1, -0.05) is 6.07 Å². The van der Waals surface area contributed by atoms with Crippen molar-refractivity contribution < 1.29 is 9.84 Å². The third-order valence-corrected chi connectivity index (χ3v) is 2.23. The lowest BCUT2D eigenvalue weighted by molar-refractivity contribution is 0.266. The summed E-state index contributed by atoms with van der Waals surface area (Å²) in [5, 5.41) is 8.60. The lowest BCUT2D eigenvalue weighted by Crippen LogP contribution is -2.01. The summed E-state index contributed by atoms with van der Waals surface area (Å²) in [6.07, 6.45) is 2.78. The average Bonchev–Trinajstić information content (AvgIpc) is 2.20. The molecule has 0 fully saturated rings. The van der Waals surface area contributed by atoms with Crippen molar-refractivity contribution in [2.24, 2.45) is 0 Å². The molecule has 15 heavy (non-hydrogen) atoms. The highest BCUT2D eigenvalue weighted by atomic mass is 16.5. The van der Waals surface area contributed by atoms with E-state index in [4.69, 9.17) is 15.6 Å². The molecule has 0 unspecified atom stereocenters. The molecule has 0 atom stereocenters. The minimum Gasteiger partial charge on any atom is -0.491 e. The number of benzene rings is 1. The number of aliphatic hydroxyl groups excluding tert-OH is 1. The maximum Gasteiger partial charge on any atom is 0.142 e. The van der Waals surface area contributed by atoms with E-state index in [9.17, 15) is 0 Å². The fraction of sp³-hybridized carbons (Fsp3) is 0.500. The third-order valence-electron chi connectivity index (χ3n) is 2.23. The van der Waals surface area contributed by atoms with Gasteiger partial charge in [0, 0.05) is 6.61 Å². The number of hydrogen-bond donors (Lipinski definition) is 2. The molecular formula is C12H19NO2. The molecule has 1 aromatic rings. The molecule has 84 valence electrons. The summed E-state index contributed by atoms with van der Waals surface area (Å²) < 4.78 is 5.53. The molecule has 0 saturated heterocycles. The number of anilines is 1. The molecule has 0 heterocycles. The monoisotopic (exact) mass is 209 g/mol. The molecule has 1 aromatic carbocycles. The topological polar surface area (TPSA) is 55.5 Å². The summed E-state index contributed by atoms with van der Waals surface area (Å²) in [4.78, 5) is 0. The Labute approximate surface area is 90.9 Å². The first kappa shape index (κ1) is 11.9. The minimum absolute atomic E-state index is 0.257. The maximum absolute atomic E-state index is 8.60. The van der Waals surface area contributed by atoms with E-state index in [2.05, 4.69) is 0 Å². The summed E-state index contributed by atoms with van der Waals surface area (Å²) in [7, 11) is 0. The number of aliphatic hydroxyl groups is 1. The van der Waals surface area contributed by atoms with E-state index < -0.39 is 0 Å². The van der Waals surface area contributed by atoms with Gasteiger partial charge in [-0.15, -0.1) is 0 Å². The molecular weight excluding hydrogens is 190 g/mol. The van der Waals surface area contributed by atoms with Crippen molar-refractivity contribution in [1.29, 1.82) is 0 Å². The predicted molar refractivity (Wildman–Crippen MR) is 62.0 cm³/mol. The van der Waals surface area contributed by atoms with Gasteiger partial charge >= 0.3 is 0 Å². The zero-order valence-corrected chi connectivity index (χ0v) is 9.20. The minimum atomic E-state index is 0.257. The SMILES string of the molecule is Cc1ccc(OCCCCCO)c(N)c1. The highest BCUT2D eigenvalue weighted by molar-refractivity contribution is 5.53. The molecule has 0 radical (unpaired) electrons. The van der Waals surface area contributed by atoms with E-state index in [1.807, 2.05) is 25.1 Å². The molecule has 0 saturated carbocycles. The van der Waals surface area contributed by atoms with Crippen molar-refractivity contribution in [2.75, 3.05) is 18.9 Å². The molecule has 3 heteroatoms. The fourth-order valence-corrected chi connectivity index (χ4v) is 1.37. The van der Waals surface area contributed by atoms with Crippen molar-refractivity contribution in [3.05, 3.63) is 23.8 Å². The van der Waals surface area contributed by atoms with Gasteiger partial charge in [0.05, 0.1) is 12.3 Å². The van der Waals surface area contributed by atoms with Crippen molar-refractivity contribution in [1.82, 2.24) is 0 Å². The average molecular weight is 209 g/mol. The first-order chi connectivity index (χ1) is 7.24. The van der Waals surface area contributed by atoms with Crippen molar-refractivity contribution in [2.45, 2.75) is 26.2 Å². The second-order valence-electron chi connectivity index (χ2n) is 3.67. The van der Waals surface area contributed by atoms with E-state index in [0.717, 1.165) is 30.6 Å². The van der Waals surface area contributed by atoms with E-state index in [0.29, 0.717) is 12.3 Å². The van der Waals surface area contributed by atoms with Gasteiger partial charge in [-0.25, -0.2) is 0 Å². The molecule has 0 aliphatic rings. The molecule has 3 N–H and O–H groups in total. The standard InChI is InChI=1S/C12H19NO2/c1-10-5-6-12(11(13)9-10)15-8-4-2-3-7-14/h5-6,9,14H,2-4,7-8,13H2,1H3. The van der Waals surface area contributed by atoms with Crippen LogP contribution in [0, 0.1) is 6.92 Å². The smallest absolute Gasteiger partial charge is 0.142 e. The molecule has 0 aromatic heterocycles. The van der Waals surface area contributed by atoms with E-state index in [1.54, 1.807) is 0 Å². The second-order valence-corrected chi connectivity index (χ2v) is 3.67. The largest absolute Gasteiger partial charge is 0.491 e. The van der Waals surface area contributed by atoms with Crippen LogP contribution in [0.5, 0.6) is 5.75 Å². The van der Waals surface area contributed by atoms with Gasteiger partial charge in [-0.05, 0) is 43.9 Å². The number of nitrogens with two attached hydrogens (primary N) is 1. The summed E-state index contributed by atoms with van der Waals surface area (Å²) in [5.41, 5.74) is 7.63. The molecule has 0 bridgehead atoms. The highest BCUT2D eigenvalue weighted by Gasteiger charge is 1.99. The van der Waals surface area contributed by atoms with Crippen LogP contribution in [0.2, 0.25) is 0 Å². The van der Waals surface area contributed by atoms with Crippen LogP contribution in [-0.4, -0.2) is 18.3 Å². The number of ether oxygens (including phenoxy) is 1. The lowest BCUT2D eigenvalue weighted by atomic mass is 10.2.